The van der Waals surface area contributed by atoms with Crippen LogP contribution >= 0.6 is 12.4 Å². The van der Waals surface area contributed by atoms with Crippen LogP contribution in [0.2, 0.25) is 0 Å². The van der Waals surface area contributed by atoms with Gasteiger partial charge in [-0.25, -0.2) is 12.7 Å². The van der Waals surface area contributed by atoms with Crippen molar-refractivity contribution < 1.29 is 13.2 Å². The molecule has 2 saturated heterocycles. The Kier molecular flexibility index (Phi) is 8.45. The van der Waals surface area contributed by atoms with Crippen LogP contribution in [0.4, 0.5) is 0 Å². The van der Waals surface area contributed by atoms with Gasteiger partial charge in [-0.3, -0.25) is 4.79 Å². The van der Waals surface area contributed by atoms with E-state index < -0.39 is 10.0 Å². The molecule has 6 nitrogen and oxygen atoms in total. The van der Waals surface area contributed by atoms with Crippen LogP contribution in [-0.2, 0) is 14.8 Å². The minimum atomic E-state index is -3.10. The van der Waals surface area contributed by atoms with E-state index in [0.717, 1.165) is 38.8 Å². The summed E-state index contributed by atoms with van der Waals surface area (Å²) in [4.78, 5) is 14.4. The zero-order chi connectivity index (χ0) is 17.0. The van der Waals surface area contributed by atoms with E-state index in [2.05, 4.69) is 12.2 Å². The fourth-order valence-electron chi connectivity index (χ4n) is 3.76. The Morgan fingerprint density at radius 1 is 1.21 bits per heavy atom. The van der Waals surface area contributed by atoms with Gasteiger partial charge in [-0.05, 0) is 50.6 Å². The van der Waals surface area contributed by atoms with Crippen molar-refractivity contribution in [2.75, 3.05) is 39.5 Å². The van der Waals surface area contributed by atoms with Crippen molar-refractivity contribution in [2.24, 2.45) is 11.8 Å². The van der Waals surface area contributed by atoms with E-state index in [-0.39, 0.29) is 24.4 Å². The number of piperidine rings is 2. The summed E-state index contributed by atoms with van der Waals surface area (Å²) >= 11 is 0. The van der Waals surface area contributed by atoms with Crippen molar-refractivity contribution >= 4 is 28.3 Å². The first-order chi connectivity index (χ1) is 10.8. The van der Waals surface area contributed by atoms with Gasteiger partial charge in [0.15, 0.2) is 0 Å². The van der Waals surface area contributed by atoms with Crippen molar-refractivity contribution in [1.82, 2.24) is 14.5 Å². The second-order valence-electron chi connectivity index (χ2n) is 7.17. The van der Waals surface area contributed by atoms with Gasteiger partial charge in [0, 0.05) is 32.6 Å². The van der Waals surface area contributed by atoms with Crippen molar-refractivity contribution in [1.29, 1.82) is 0 Å². The Bertz CT molecular complexity index is 501. The summed E-state index contributed by atoms with van der Waals surface area (Å²) in [6.07, 6.45) is 5.64. The largest absolute Gasteiger partial charge is 0.343 e. The molecule has 0 aromatic carbocycles. The van der Waals surface area contributed by atoms with Crippen molar-refractivity contribution in [2.45, 2.75) is 45.1 Å². The summed E-state index contributed by atoms with van der Waals surface area (Å²) in [5.41, 5.74) is 0. The highest BCUT2D eigenvalue weighted by Crippen LogP contribution is 2.26. The molecule has 2 rings (SSSR count). The van der Waals surface area contributed by atoms with Gasteiger partial charge in [-0.1, -0.05) is 6.92 Å². The third-order valence-electron chi connectivity index (χ3n) is 5.52. The third-order valence-corrected chi connectivity index (χ3v) is 6.82. The molecule has 0 aromatic rings. The maximum atomic E-state index is 12.6. The van der Waals surface area contributed by atoms with Crippen LogP contribution < -0.4 is 5.32 Å². The Morgan fingerprint density at radius 3 is 2.25 bits per heavy atom. The van der Waals surface area contributed by atoms with E-state index in [0.29, 0.717) is 31.3 Å². The Labute approximate surface area is 152 Å². The number of sulfonamides is 1. The minimum absolute atomic E-state index is 0. The molecule has 1 N–H and O–H groups in total. The van der Waals surface area contributed by atoms with Gasteiger partial charge in [-0.15, -0.1) is 12.4 Å². The number of hydrogen-bond acceptors (Lipinski definition) is 4. The lowest BCUT2D eigenvalue weighted by atomic mass is 9.84. The molecular weight excluding hydrogens is 350 g/mol. The van der Waals surface area contributed by atoms with Crippen LogP contribution in [-0.4, -0.2) is 69.1 Å². The second-order valence-corrected chi connectivity index (χ2v) is 9.15. The first-order valence-electron chi connectivity index (χ1n) is 8.70. The number of amides is 1. The van der Waals surface area contributed by atoms with E-state index in [9.17, 15) is 13.2 Å². The molecular formula is C16H32ClN3O3S. The molecule has 2 aliphatic heterocycles. The van der Waals surface area contributed by atoms with Crippen molar-refractivity contribution in [3.63, 3.8) is 0 Å². The van der Waals surface area contributed by atoms with E-state index in [1.54, 1.807) is 0 Å². The first-order valence-corrected chi connectivity index (χ1v) is 10.6. The van der Waals surface area contributed by atoms with Crippen LogP contribution in [0.5, 0.6) is 0 Å². The second kappa shape index (κ2) is 9.36. The normalized spacial score (nSPS) is 22.6. The van der Waals surface area contributed by atoms with Crippen molar-refractivity contribution in [3.05, 3.63) is 0 Å². The molecule has 2 heterocycles. The number of hydrogen-bond donors (Lipinski definition) is 1. The molecule has 2 aliphatic rings. The Hall–Kier alpha value is -0.370. The number of carbonyl (C=O) groups excluding carboxylic acids is 1. The molecule has 0 spiro atoms. The first kappa shape index (κ1) is 21.7. The van der Waals surface area contributed by atoms with E-state index >= 15 is 0 Å². The van der Waals surface area contributed by atoms with E-state index in [4.69, 9.17) is 0 Å². The Morgan fingerprint density at radius 2 is 1.75 bits per heavy atom. The highest BCUT2D eigenvalue weighted by molar-refractivity contribution is 7.88. The van der Waals surface area contributed by atoms with E-state index in [1.807, 2.05) is 11.9 Å². The SMILES string of the molecule is CC(CC(=O)N(C)C1CCN(S(C)(=O)=O)CC1)C1CCNCC1.Cl. The summed E-state index contributed by atoms with van der Waals surface area (Å²) in [5.74, 6) is 1.26. The number of carbonyl (C=O) groups is 1. The molecule has 1 unspecified atom stereocenters. The van der Waals surface area contributed by atoms with E-state index in [1.165, 1.54) is 10.6 Å². The average molecular weight is 382 g/mol. The molecule has 1 amide bonds. The fraction of sp³-hybridized carbons (Fsp3) is 0.938. The van der Waals surface area contributed by atoms with Crippen LogP contribution in [0.3, 0.4) is 0 Å². The topological polar surface area (TPSA) is 69.7 Å². The molecule has 1 atom stereocenters. The summed E-state index contributed by atoms with van der Waals surface area (Å²) in [7, 11) is -1.23. The zero-order valence-corrected chi connectivity index (χ0v) is 16.7. The summed E-state index contributed by atoms with van der Waals surface area (Å²) in [6, 6.07) is 0.167. The molecule has 0 radical (unpaired) electrons. The molecule has 0 aromatic heterocycles. The number of rotatable bonds is 5. The van der Waals surface area contributed by atoms with Crippen LogP contribution in [0.15, 0.2) is 0 Å². The highest BCUT2D eigenvalue weighted by Gasteiger charge is 2.30. The quantitative estimate of drug-likeness (QED) is 0.779. The van der Waals surface area contributed by atoms with Gasteiger partial charge < -0.3 is 10.2 Å². The Balaban J connectivity index is 0.00000288. The molecule has 0 saturated carbocycles. The molecule has 142 valence electrons. The zero-order valence-electron chi connectivity index (χ0n) is 15.0. The summed E-state index contributed by atoms with van der Waals surface area (Å²) < 4.78 is 24.6. The highest BCUT2D eigenvalue weighted by atomic mass is 35.5. The predicted molar refractivity (Wildman–Crippen MR) is 98.8 cm³/mol. The van der Waals surface area contributed by atoms with Gasteiger partial charge >= 0.3 is 0 Å². The fourth-order valence-corrected chi connectivity index (χ4v) is 4.64. The monoisotopic (exact) mass is 381 g/mol. The van der Waals surface area contributed by atoms with Gasteiger partial charge in [-0.2, -0.15) is 0 Å². The standard InChI is InChI=1S/C16H31N3O3S.ClH/c1-13(14-4-8-17-9-5-14)12-16(20)18(2)15-6-10-19(11-7-15)23(3,21)22;/h13-15,17H,4-12H2,1-3H3;1H. The van der Waals surface area contributed by atoms with Crippen LogP contribution in [0.25, 0.3) is 0 Å². The maximum Gasteiger partial charge on any atom is 0.222 e. The summed E-state index contributed by atoms with van der Waals surface area (Å²) in [5, 5.41) is 3.36. The molecule has 0 bridgehead atoms. The van der Waals surface area contributed by atoms with Crippen molar-refractivity contribution in [3.8, 4) is 0 Å². The lowest BCUT2D eigenvalue weighted by molar-refractivity contribution is -0.134. The number of nitrogens with one attached hydrogen (secondary N) is 1. The van der Waals surface area contributed by atoms with Crippen LogP contribution in [0.1, 0.15) is 39.0 Å². The minimum Gasteiger partial charge on any atom is -0.343 e. The average Bonchev–Trinajstić information content (AvgIpc) is 2.54. The number of halogens is 1. The van der Waals surface area contributed by atoms with Gasteiger partial charge in [0.05, 0.1) is 6.26 Å². The predicted octanol–water partition coefficient (Wildman–Crippen LogP) is 1.32. The van der Waals surface area contributed by atoms with Gasteiger partial charge in [0.1, 0.15) is 0 Å². The molecule has 24 heavy (non-hydrogen) atoms. The number of nitrogens with zero attached hydrogens (tertiary/aromatic N) is 2. The molecule has 0 aliphatic carbocycles. The van der Waals surface area contributed by atoms with Crippen LogP contribution in [0, 0.1) is 11.8 Å². The smallest absolute Gasteiger partial charge is 0.222 e. The van der Waals surface area contributed by atoms with Gasteiger partial charge in [0.2, 0.25) is 15.9 Å². The lowest BCUT2D eigenvalue weighted by Crippen LogP contribution is -2.47. The summed E-state index contributed by atoms with van der Waals surface area (Å²) in [6.45, 7) is 5.34. The molecule has 8 heteroatoms. The maximum absolute atomic E-state index is 12.6. The molecule has 2 fully saturated rings. The lowest BCUT2D eigenvalue weighted by Gasteiger charge is -2.36. The third kappa shape index (κ3) is 5.86. The van der Waals surface area contributed by atoms with Gasteiger partial charge in [0.25, 0.3) is 0 Å².